The van der Waals surface area contributed by atoms with Gasteiger partial charge >= 0.3 is 6.18 Å². The number of fused-ring (bicyclic) bond motifs is 1. The normalized spacial score (nSPS) is 11.8. The second-order valence-electron chi connectivity index (χ2n) is 5.78. The minimum Gasteiger partial charge on any atom is -0.377 e. The number of nitrogens with zero attached hydrogens (tertiary/aromatic N) is 2. The standard InChI is InChI=1S/C18H14ClF3N2O/c1-23(2)15-10-17(25)24(14-6-4-3-5-13(14)19)16-9-11(18(20,21)22)7-8-12(15)16/h3-10H,1-2H3. The van der Waals surface area contributed by atoms with Crippen molar-refractivity contribution >= 4 is 28.2 Å². The number of halogens is 4. The third kappa shape index (κ3) is 3.09. The van der Waals surface area contributed by atoms with Crippen LogP contribution in [0.15, 0.2) is 53.3 Å². The summed E-state index contributed by atoms with van der Waals surface area (Å²) in [5, 5.41) is 0.804. The average molecular weight is 367 g/mol. The van der Waals surface area contributed by atoms with Crippen molar-refractivity contribution in [3.05, 3.63) is 69.5 Å². The van der Waals surface area contributed by atoms with Gasteiger partial charge in [0.2, 0.25) is 0 Å². The summed E-state index contributed by atoms with van der Waals surface area (Å²) < 4.78 is 40.7. The monoisotopic (exact) mass is 366 g/mol. The van der Waals surface area contributed by atoms with Gasteiger partial charge in [-0.25, -0.2) is 0 Å². The van der Waals surface area contributed by atoms with Crippen molar-refractivity contribution < 1.29 is 13.2 Å². The first-order valence-corrected chi connectivity index (χ1v) is 7.77. The van der Waals surface area contributed by atoms with E-state index in [0.29, 0.717) is 16.8 Å². The van der Waals surface area contributed by atoms with Gasteiger partial charge in [0.1, 0.15) is 0 Å². The molecule has 0 aliphatic rings. The van der Waals surface area contributed by atoms with Gasteiger partial charge in [0.15, 0.2) is 0 Å². The number of para-hydroxylation sites is 1. The molecule has 0 saturated heterocycles. The Morgan fingerprint density at radius 3 is 2.32 bits per heavy atom. The topological polar surface area (TPSA) is 25.2 Å². The van der Waals surface area contributed by atoms with Crippen LogP contribution in [-0.2, 0) is 6.18 Å². The van der Waals surface area contributed by atoms with Gasteiger partial charge in [-0.1, -0.05) is 29.8 Å². The van der Waals surface area contributed by atoms with Crippen molar-refractivity contribution in [3.8, 4) is 5.69 Å². The summed E-state index contributed by atoms with van der Waals surface area (Å²) in [6, 6.07) is 11.3. The van der Waals surface area contributed by atoms with E-state index in [-0.39, 0.29) is 10.5 Å². The van der Waals surface area contributed by atoms with Crippen LogP contribution in [0.25, 0.3) is 16.6 Å². The minimum atomic E-state index is -4.51. The summed E-state index contributed by atoms with van der Waals surface area (Å²) >= 11 is 6.17. The maximum absolute atomic E-state index is 13.2. The van der Waals surface area contributed by atoms with Gasteiger partial charge in [0.25, 0.3) is 5.56 Å². The van der Waals surface area contributed by atoms with Crippen LogP contribution in [0.1, 0.15) is 5.56 Å². The lowest BCUT2D eigenvalue weighted by molar-refractivity contribution is -0.137. The van der Waals surface area contributed by atoms with Crippen LogP contribution in [0, 0.1) is 0 Å². The smallest absolute Gasteiger partial charge is 0.377 e. The molecule has 0 unspecified atom stereocenters. The van der Waals surface area contributed by atoms with Crippen molar-refractivity contribution in [2.45, 2.75) is 6.18 Å². The van der Waals surface area contributed by atoms with Crippen molar-refractivity contribution in [2.24, 2.45) is 0 Å². The Kier molecular flexibility index (Phi) is 4.24. The van der Waals surface area contributed by atoms with Crippen LogP contribution in [0.4, 0.5) is 18.9 Å². The Morgan fingerprint density at radius 2 is 1.72 bits per heavy atom. The number of benzene rings is 2. The molecule has 3 rings (SSSR count). The molecule has 3 aromatic rings. The van der Waals surface area contributed by atoms with Gasteiger partial charge in [0, 0.05) is 25.5 Å². The van der Waals surface area contributed by atoms with Gasteiger partial charge < -0.3 is 4.90 Å². The van der Waals surface area contributed by atoms with Crippen molar-refractivity contribution in [2.75, 3.05) is 19.0 Å². The van der Waals surface area contributed by atoms with Crippen molar-refractivity contribution in [3.63, 3.8) is 0 Å². The van der Waals surface area contributed by atoms with Crippen LogP contribution in [0.3, 0.4) is 0 Å². The van der Waals surface area contributed by atoms with E-state index in [9.17, 15) is 18.0 Å². The van der Waals surface area contributed by atoms with E-state index < -0.39 is 17.3 Å². The van der Waals surface area contributed by atoms with Crippen LogP contribution >= 0.6 is 11.6 Å². The predicted octanol–water partition coefficient (Wildman–Crippen LogP) is 4.73. The van der Waals surface area contributed by atoms with Gasteiger partial charge in [-0.3, -0.25) is 9.36 Å². The molecule has 0 radical (unpaired) electrons. The van der Waals surface area contributed by atoms with E-state index in [2.05, 4.69) is 0 Å². The molecule has 1 aromatic heterocycles. The first-order chi connectivity index (χ1) is 11.7. The zero-order chi connectivity index (χ0) is 18.4. The van der Waals surface area contributed by atoms with Gasteiger partial charge in [-0.05, 0) is 24.3 Å². The van der Waals surface area contributed by atoms with Crippen molar-refractivity contribution in [1.82, 2.24) is 4.57 Å². The molecule has 0 bridgehead atoms. The fourth-order valence-electron chi connectivity index (χ4n) is 2.74. The fraction of sp³-hybridized carbons (Fsp3) is 0.167. The first-order valence-electron chi connectivity index (χ1n) is 7.39. The lowest BCUT2D eigenvalue weighted by Gasteiger charge is -2.20. The van der Waals surface area contributed by atoms with E-state index >= 15 is 0 Å². The Balaban J connectivity index is 2.48. The third-order valence-electron chi connectivity index (χ3n) is 3.90. The van der Waals surface area contributed by atoms with E-state index in [4.69, 9.17) is 11.6 Å². The first kappa shape index (κ1) is 17.4. The second-order valence-corrected chi connectivity index (χ2v) is 6.19. The summed E-state index contributed by atoms with van der Waals surface area (Å²) in [7, 11) is 3.46. The Bertz CT molecular complexity index is 1010. The van der Waals surface area contributed by atoms with E-state index in [1.165, 1.54) is 16.7 Å². The maximum Gasteiger partial charge on any atom is 0.416 e. The van der Waals surface area contributed by atoms with E-state index in [0.717, 1.165) is 12.1 Å². The number of pyridine rings is 1. The number of hydrogen-bond acceptors (Lipinski definition) is 2. The highest BCUT2D eigenvalue weighted by Gasteiger charge is 2.31. The van der Waals surface area contributed by atoms with Gasteiger partial charge in [0.05, 0.1) is 27.5 Å². The molecule has 0 fully saturated rings. The highest BCUT2D eigenvalue weighted by molar-refractivity contribution is 6.32. The molecule has 25 heavy (non-hydrogen) atoms. The molecule has 0 saturated carbocycles. The molecule has 7 heteroatoms. The molecule has 0 atom stereocenters. The summed E-state index contributed by atoms with van der Waals surface area (Å²) in [5.74, 6) is 0. The number of aromatic nitrogens is 1. The van der Waals surface area contributed by atoms with E-state index in [1.807, 2.05) is 0 Å². The molecular formula is C18H14ClF3N2O. The zero-order valence-corrected chi connectivity index (χ0v) is 14.2. The molecule has 130 valence electrons. The van der Waals surface area contributed by atoms with E-state index in [1.54, 1.807) is 43.3 Å². The molecule has 0 aliphatic carbocycles. The van der Waals surface area contributed by atoms with Crippen LogP contribution in [0.5, 0.6) is 0 Å². The quantitative estimate of drug-likeness (QED) is 0.655. The second kappa shape index (κ2) is 6.11. The number of alkyl halides is 3. The highest BCUT2D eigenvalue weighted by Crippen LogP contribution is 2.34. The molecule has 0 aliphatic heterocycles. The number of rotatable bonds is 2. The summed E-state index contributed by atoms with van der Waals surface area (Å²) in [4.78, 5) is 14.4. The lowest BCUT2D eigenvalue weighted by Crippen LogP contribution is -2.22. The molecule has 3 nitrogen and oxygen atoms in total. The zero-order valence-electron chi connectivity index (χ0n) is 13.4. The van der Waals surface area contributed by atoms with Crippen LogP contribution in [-0.4, -0.2) is 18.7 Å². The van der Waals surface area contributed by atoms with Gasteiger partial charge in [-0.2, -0.15) is 13.2 Å². The number of anilines is 1. The SMILES string of the molecule is CN(C)c1cc(=O)n(-c2ccccc2Cl)c2cc(C(F)(F)F)ccc12. The minimum absolute atomic E-state index is 0.152. The molecule has 0 amide bonds. The average Bonchev–Trinajstić information content (AvgIpc) is 2.53. The predicted molar refractivity (Wildman–Crippen MR) is 93.9 cm³/mol. The molecule has 2 aromatic carbocycles. The largest absolute Gasteiger partial charge is 0.416 e. The molecule has 0 N–H and O–H groups in total. The molecule has 0 spiro atoms. The van der Waals surface area contributed by atoms with Gasteiger partial charge in [-0.15, -0.1) is 0 Å². The van der Waals surface area contributed by atoms with Crippen LogP contribution in [0.2, 0.25) is 5.02 Å². The highest BCUT2D eigenvalue weighted by atomic mass is 35.5. The molecule has 1 heterocycles. The summed E-state index contributed by atoms with van der Waals surface area (Å²) in [6.45, 7) is 0. The summed E-state index contributed by atoms with van der Waals surface area (Å²) in [5.41, 5.74) is -0.250. The van der Waals surface area contributed by atoms with Crippen LogP contribution < -0.4 is 10.5 Å². The molecular weight excluding hydrogens is 353 g/mol. The summed E-state index contributed by atoms with van der Waals surface area (Å²) in [6.07, 6.45) is -4.51. The Hall–Kier alpha value is -2.47. The Morgan fingerprint density at radius 1 is 1.04 bits per heavy atom. The number of hydrogen-bond donors (Lipinski definition) is 0. The fourth-order valence-corrected chi connectivity index (χ4v) is 2.96. The maximum atomic E-state index is 13.2. The Labute approximate surface area is 146 Å². The van der Waals surface area contributed by atoms with Crippen molar-refractivity contribution in [1.29, 1.82) is 0 Å². The lowest BCUT2D eigenvalue weighted by atomic mass is 10.1. The third-order valence-corrected chi connectivity index (χ3v) is 4.22.